The molecule has 2 heterocycles. The molecule has 1 N–H and O–H groups in total. The van der Waals surface area contributed by atoms with E-state index in [1.165, 1.54) is 0 Å². The summed E-state index contributed by atoms with van der Waals surface area (Å²) in [6.45, 7) is 9.65. The maximum absolute atomic E-state index is 12.3. The van der Waals surface area contributed by atoms with Gasteiger partial charge in [-0.15, -0.1) is 0 Å². The molecule has 0 saturated heterocycles. The quantitative estimate of drug-likeness (QED) is 0.608. The highest BCUT2D eigenvalue weighted by atomic mass is 16.5. The molecule has 0 unspecified atom stereocenters. The number of aromatic nitrogens is 4. The molecule has 0 aliphatic carbocycles. The molecular formula is C21H27N5O2. The molecule has 3 rings (SSSR count). The fourth-order valence-corrected chi connectivity index (χ4v) is 2.98. The third-order valence-electron chi connectivity index (χ3n) is 4.50. The minimum atomic E-state index is -0.182. The molecule has 0 fully saturated rings. The van der Waals surface area contributed by atoms with Crippen LogP contribution in [0, 0.1) is 27.7 Å². The van der Waals surface area contributed by atoms with E-state index in [0.29, 0.717) is 12.2 Å². The number of benzene rings is 1. The fourth-order valence-electron chi connectivity index (χ4n) is 2.98. The summed E-state index contributed by atoms with van der Waals surface area (Å²) >= 11 is 0. The van der Waals surface area contributed by atoms with Crippen LogP contribution in [-0.4, -0.2) is 32.0 Å². The van der Waals surface area contributed by atoms with Gasteiger partial charge in [0.25, 0.3) is 5.91 Å². The number of carbonyl (C=O) groups excluding carboxylic acids is 1. The molecular weight excluding hydrogens is 354 g/mol. The van der Waals surface area contributed by atoms with Crippen LogP contribution < -0.4 is 10.1 Å². The van der Waals surface area contributed by atoms with Crippen LogP contribution in [0.4, 0.5) is 0 Å². The first kappa shape index (κ1) is 19.7. The summed E-state index contributed by atoms with van der Waals surface area (Å²) in [5, 5.41) is 11.6. The van der Waals surface area contributed by atoms with Gasteiger partial charge >= 0.3 is 0 Å². The van der Waals surface area contributed by atoms with Crippen molar-refractivity contribution < 1.29 is 9.53 Å². The van der Waals surface area contributed by atoms with Gasteiger partial charge in [0.05, 0.1) is 5.69 Å². The molecule has 0 aliphatic heterocycles. The van der Waals surface area contributed by atoms with E-state index >= 15 is 0 Å². The van der Waals surface area contributed by atoms with Crippen molar-refractivity contribution in [3.63, 3.8) is 0 Å². The topological polar surface area (TPSA) is 74.0 Å². The van der Waals surface area contributed by atoms with Crippen molar-refractivity contribution in [1.82, 2.24) is 24.9 Å². The second kappa shape index (κ2) is 8.73. The van der Waals surface area contributed by atoms with E-state index in [2.05, 4.69) is 15.5 Å². The Labute approximate surface area is 165 Å². The summed E-state index contributed by atoms with van der Waals surface area (Å²) in [6, 6.07) is 9.82. The summed E-state index contributed by atoms with van der Waals surface area (Å²) in [6.07, 6.45) is 2.56. The zero-order chi connectivity index (χ0) is 20.1. The summed E-state index contributed by atoms with van der Waals surface area (Å²) < 4.78 is 9.39. The highest BCUT2D eigenvalue weighted by Gasteiger charge is 2.10. The zero-order valence-electron chi connectivity index (χ0n) is 16.9. The van der Waals surface area contributed by atoms with E-state index in [4.69, 9.17) is 4.74 Å². The lowest BCUT2D eigenvalue weighted by Crippen LogP contribution is -2.26. The third-order valence-corrected chi connectivity index (χ3v) is 4.50. The summed E-state index contributed by atoms with van der Waals surface area (Å²) in [5.74, 6) is 0.643. The zero-order valence-corrected chi connectivity index (χ0v) is 16.9. The molecule has 7 heteroatoms. The summed E-state index contributed by atoms with van der Waals surface area (Å²) in [5.41, 5.74) is 4.73. The molecule has 0 saturated carbocycles. The number of aryl methyl sites for hydroxylation is 5. The van der Waals surface area contributed by atoms with Gasteiger partial charge in [-0.3, -0.25) is 9.48 Å². The Balaban J connectivity index is 1.45. The molecule has 2 aromatic heterocycles. The minimum absolute atomic E-state index is 0.182. The van der Waals surface area contributed by atoms with E-state index in [1.54, 1.807) is 16.9 Å². The van der Waals surface area contributed by atoms with Crippen molar-refractivity contribution >= 4 is 5.91 Å². The minimum Gasteiger partial charge on any atom is -0.471 e. The Bertz CT molecular complexity index is 958. The van der Waals surface area contributed by atoms with Crippen molar-refractivity contribution in [1.29, 1.82) is 0 Å². The molecule has 0 aliphatic rings. The second-order valence-corrected chi connectivity index (χ2v) is 7.04. The van der Waals surface area contributed by atoms with E-state index in [9.17, 15) is 4.79 Å². The second-order valence-electron chi connectivity index (χ2n) is 7.04. The average Bonchev–Trinajstić information content (AvgIpc) is 3.25. The van der Waals surface area contributed by atoms with Crippen LogP contribution in [0.2, 0.25) is 0 Å². The van der Waals surface area contributed by atoms with Gasteiger partial charge in [0, 0.05) is 25.0 Å². The lowest BCUT2D eigenvalue weighted by molar-refractivity contribution is 0.0945. The standard InChI is InChI=1S/C21H27N5O2/c1-15-6-7-16(2)20(12-15)28-14-25-11-8-19(24-25)21(27)22-9-5-10-26-18(4)13-17(3)23-26/h6-8,11-13H,5,9-10,14H2,1-4H3,(H,22,27). The molecule has 7 nitrogen and oxygen atoms in total. The Hall–Kier alpha value is -3.09. The van der Waals surface area contributed by atoms with Crippen LogP contribution in [0.25, 0.3) is 0 Å². The predicted molar refractivity (Wildman–Crippen MR) is 107 cm³/mol. The first-order valence-electron chi connectivity index (χ1n) is 9.45. The number of hydrogen-bond donors (Lipinski definition) is 1. The molecule has 28 heavy (non-hydrogen) atoms. The van der Waals surface area contributed by atoms with Gasteiger partial charge in [0.1, 0.15) is 11.4 Å². The van der Waals surface area contributed by atoms with Crippen molar-refractivity contribution in [3.05, 3.63) is 64.7 Å². The maximum atomic E-state index is 12.3. The van der Waals surface area contributed by atoms with Crippen LogP contribution in [0.15, 0.2) is 36.5 Å². The van der Waals surface area contributed by atoms with E-state index in [0.717, 1.165) is 41.2 Å². The van der Waals surface area contributed by atoms with Crippen LogP contribution in [-0.2, 0) is 13.3 Å². The molecule has 148 valence electrons. The molecule has 0 radical (unpaired) electrons. The lowest BCUT2D eigenvalue weighted by Gasteiger charge is -2.10. The third kappa shape index (κ3) is 5.00. The fraction of sp³-hybridized carbons (Fsp3) is 0.381. The van der Waals surface area contributed by atoms with Crippen LogP contribution in [0.5, 0.6) is 5.75 Å². The van der Waals surface area contributed by atoms with Crippen molar-refractivity contribution in [2.24, 2.45) is 0 Å². The first-order valence-corrected chi connectivity index (χ1v) is 9.45. The highest BCUT2D eigenvalue weighted by molar-refractivity contribution is 5.92. The Morgan fingerprint density at radius 1 is 1.11 bits per heavy atom. The normalized spacial score (nSPS) is 10.9. The number of hydrogen-bond acceptors (Lipinski definition) is 4. The van der Waals surface area contributed by atoms with Crippen LogP contribution in [0.3, 0.4) is 0 Å². The average molecular weight is 381 g/mol. The van der Waals surface area contributed by atoms with Crippen molar-refractivity contribution in [3.8, 4) is 5.75 Å². The number of nitrogens with one attached hydrogen (secondary N) is 1. The van der Waals surface area contributed by atoms with E-state index < -0.39 is 0 Å². The van der Waals surface area contributed by atoms with Crippen molar-refractivity contribution in [2.75, 3.05) is 6.54 Å². The van der Waals surface area contributed by atoms with Crippen LogP contribution >= 0.6 is 0 Å². The largest absolute Gasteiger partial charge is 0.471 e. The number of ether oxygens (including phenoxy) is 1. The molecule has 0 spiro atoms. The molecule has 0 atom stereocenters. The smallest absolute Gasteiger partial charge is 0.271 e. The molecule has 0 bridgehead atoms. The summed E-state index contributed by atoms with van der Waals surface area (Å²) in [7, 11) is 0. The number of rotatable bonds is 8. The molecule has 1 aromatic carbocycles. The van der Waals surface area contributed by atoms with Gasteiger partial charge in [-0.25, -0.2) is 4.68 Å². The monoisotopic (exact) mass is 381 g/mol. The van der Waals surface area contributed by atoms with Gasteiger partial charge in [0.15, 0.2) is 6.73 Å². The summed E-state index contributed by atoms with van der Waals surface area (Å²) in [4.78, 5) is 12.3. The maximum Gasteiger partial charge on any atom is 0.271 e. The predicted octanol–water partition coefficient (Wildman–Crippen LogP) is 3.17. The number of nitrogens with zero attached hydrogens (tertiary/aromatic N) is 4. The Morgan fingerprint density at radius 2 is 1.93 bits per heavy atom. The van der Waals surface area contributed by atoms with E-state index in [1.807, 2.05) is 56.6 Å². The number of carbonyl (C=O) groups is 1. The Kier molecular flexibility index (Phi) is 6.13. The molecule has 1 amide bonds. The number of amides is 1. The molecule has 3 aromatic rings. The van der Waals surface area contributed by atoms with Crippen LogP contribution in [0.1, 0.15) is 39.4 Å². The van der Waals surface area contributed by atoms with Gasteiger partial charge < -0.3 is 10.1 Å². The van der Waals surface area contributed by atoms with Gasteiger partial charge in [0.2, 0.25) is 0 Å². The lowest BCUT2D eigenvalue weighted by atomic mass is 10.1. The van der Waals surface area contributed by atoms with Gasteiger partial charge in [-0.05, 0) is 63.4 Å². The van der Waals surface area contributed by atoms with Gasteiger partial charge in [-0.2, -0.15) is 10.2 Å². The van der Waals surface area contributed by atoms with Gasteiger partial charge in [-0.1, -0.05) is 12.1 Å². The van der Waals surface area contributed by atoms with Crippen molar-refractivity contribution in [2.45, 2.75) is 47.4 Å². The first-order chi connectivity index (χ1) is 13.4. The van der Waals surface area contributed by atoms with E-state index in [-0.39, 0.29) is 12.6 Å². The highest BCUT2D eigenvalue weighted by Crippen LogP contribution is 2.19. The Morgan fingerprint density at radius 3 is 2.68 bits per heavy atom. The SMILES string of the molecule is Cc1ccc(C)c(OCn2ccc(C(=O)NCCCn3nc(C)cc3C)n2)c1.